The maximum Gasteiger partial charge on any atom is 0.331 e. The molecule has 1 N–H and O–H groups in total. The monoisotopic (exact) mass is 466 g/mol. The molecule has 3 heterocycles. The van der Waals surface area contributed by atoms with Crippen LogP contribution in [0.4, 0.5) is 0 Å². The van der Waals surface area contributed by atoms with Gasteiger partial charge in [-0.15, -0.1) is 0 Å². The van der Waals surface area contributed by atoms with Gasteiger partial charge in [0, 0.05) is 30.2 Å². The molecule has 8 atom stereocenters. The van der Waals surface area contributed by atoms with Gasteiger partial charge in [0.05, 0.1) is 25.9 Å². The maximum absolute atomic E-state index is 12.2. The first-order valence-corrected chi connectivity index (χ1v) is 10.9. The largest absolute Gasteiger partial charge is 0.478 e. The number of ether oxygens (including phenoxy) is 6. The van der Waals surface area contributed by atoms with Gasteiger partial charge in [-0.25, -0.2) is 19.2 Å². The molecule has 0 unspecified atom stereocenters. The molecule has 1 saturated carbocycles. The Labute approximate surface area is 189 Å². The second-order valence-corrected chi connectivity index (χ2v) is 8.54. The molecule has 3 saturated heterocycles. The molecule has 4 fully saturated rings. The first-order chi connectivity index (χ1) is 15.8. The third kappa shape index (κ3) is 5.43. The highest BCUT2D eigenvalue weighted by molar-refractivity contribution is 5.92. The number of carbonyl (C=O) groups is 4. The Morgan fingerprint density at radius 3 is 1.70 bits per heavy atom. The Morgan fingerprint density at radius 2 is 1.15 bits per heavy atom. The number of carbonyl (C=O) groups excluding carboxylic acids is 3. The van der Waals surface area contributed by atoms with Crippen LogP contribution in [0.3, 0.4) is 0 Å². The zero-order chi connectivity index (χ0) is 23.5. The Balaban J connectivity index is 1.22. The van der Waals surface area contributed by atoms with Crippen LogP contribution in [0, 0.1) is 11.8 Å². The van der Waals surface area contributed by atoms with Gasteiger partial charge in [0.2, 0.25) is 0 Å². The minimum absolute atomic E-state index is 0.0163. The summed E-state index contributed by atoms with van der Waals surface area (Å²) in [6.45, 7) is 2.53. The molecule has 4 aliphatic rings. The van der Waals surface area contributed by atoms with Crippen molar-refractivity contribution in [2.45, 2.75) is 56.4 Å². The van der Waals surface area contributed by atoms with E-state index in [1.807, 2.05) is 0 Å². The smallest absolute Gasteiger partial charge is 0.331 e. The predicted molar refractivity (Wildman–Crippen MR) is 107 cm³/mol. The third-order valence-corrected chi connectivity index (χ3v) is 6.35. The maximum atomic E-state index is 12.2. The summed E-state index contributed by atoms with van der Waals surface area (Å²) in [4.78, 5) is 46.4. The van der Waals surface area contributed by atoms with E-state index in [1.54, 1.807) is 0 Å². The molecule has 3 aliphatic heterocycles. The van der Waals surface area contributed by atoms with E-state index in [0.29, 0.717) is 18.6 Å². The van der Waals surface area contributed by atoms with Crippen molar-refractivity contribution in [1.82, 2.24) is 0 Å². The van der Waals surface area contributed by atoms with Crippen molar-refractivity contribution < 1.29 is 52.7 Å². The molecule has 11 heteroatoms. The van der Waals surface area contributed by atoms with Crippen LogP contribution in [0.25, 0.3) is 0 Å². The van der Waals surface area contributed by atoms with Gasteiger partial charge in [0.25, 0.3) is 0 Å². The molecule has 0 radical (unpaired) electrons. The first-order valence-electron chi connectivity index (χ1n) is 10.9. The van der Waals surface area contributed by atoms with Gasteiger partial charge in [-0.05, 0) is 18.8 Å². The molecule has 0 amide bonds. The molecule has 0 aromatic carbocycles. The minimum atomic E-state index is -1.28. The lowest BCUT2D eigenvalue weighted by molar-refractivity contribution is -0.150. The summed E-state index contributed by atoms with van der Waals surface area (Å²) >= 11 is 0. The molecule has 180 valence electrons. The molecule has 4 rings (SSSR count). The molecule has 1 aliphatic carbocycles. The normalized spacial score (nSPS) is 37.2. The standard InChI is InChI=1S/C22H26O11/c1-11-2-3-12-13(8-28-20(11)12)31-18(26)6-7-19(27)33-15-10-30-21-14(9-29-22(15)21)32-17(25)5-4-16(23)24/h4-7,11-15,20-22H,2-3,8-10H2,1H3,(H,23,24)/b5-4-,7-6-/t11-,12-,13+,14+,15-,20-,21-,22-/m1/s1. The molecule has 33 heavy (non-hydrogen) atoms. The highest BCUT2D eigenvalue weighted by Gasteiger charge is 2.51. The number of rotatable bonds is 7. The number of hydrogen-bond donors (Lipinski definition) is 1. The van der Waals surface area contributed by atoms with Crippen molar-refractivity contribution in [3.05, 3.63) is 24.3 Å². The van der Waals surface area contributed by atoms with Crippen LogP contribution < -0.4 is 0 Å². The summed E-state index contributed by atoms with van der Waals surface area (Å²) < 4.78 is 32.7. The molecule has 0 aromatic rings. The van der Waals surface area contributed by atoms with E-state index in [-0.39, 0.29) is 31.3 Å². The lowest BCUT2D eigenvalue weighted by Gasteiger charge is -2.17. The highest BCUT2D eigenvalue weighted by Crippen LogP contribution is 2.41. The van der Waals surface area contributed by atoms with Crippen molar-refractivity contribution in [1.29, 1.82) is 0 Å². The van der Waals surface area contributed by atoms with Gasteiger partial charge in [0.1, 0.15) is 18.3 Å². The summed E-state index contributed by atoms with van der Waals surface area (Å²) in [6.07, 6.45) is 2.47. The summed E-state index contributed by atoms with van der Waals surface area (Å²) in [5, 5.41) is 8.55. The van der Waals surface area contributed by atoms with E-state index >= 15 is 0 Å². The summed E-state index contributed by atoms with van der Waals surface area (Å²) in [7, 11) is 0. The van der Waals surface area contributed by atoms with E-state index in [0.717, 1.165) is 31.1 Å². The zero-order valence-electron chi connectivity index (χ0n) is 18.0. The minimum Gasteiger partial charge on any atom is -0.478 e. The van der Waals surface area contributed by atoms with Gasteiger partial charge < -0.3 is 33.5 Å². The quantitative estimate of drug-likeness (QED) is 0.311. The zero-order valence-corrected chi connectivity index (χ0v) is 18.0. The van der Waals surface area contributed by atoms with Gasteiger partial charge in [-0.3, -0.25) is 0 Å². The Morgan fingerprint density at radius 1 is 0.697 bits per heavy atom. The second-order valence-electron chi connectivity index (χ2n) is 8.54. The SMILES string of the molecule is C[C@@H]1CC[C@H]2[C@@H]1OC[C@@H]2OC(=O)/C=C\C(=O)O[C@@H]1CO[C@H]2[C@@H]1OC[C@@H]2OC(=O)/C=C\C(=O)O. The Kier molecular flexibility index (Phi) is 7.11. The van der Waals surface area contributed by atoms with Crippen LogP contribution in [0.1, 0.15) is 19.8 Å². The Hall–Kier alpha value is -2.76. The Bertz CT molecular complexity index is 849. The summed E-state index contributed by atoms with van der Waals surface area (Å²) in [5.41, 5.74) is 0. The molecule has 11 nitrogen and oxygen atoms in total. The van der Waals surface area contributed by atoms with Crippen molar-refractivity contribution in [3.8, 4) is 0 Å². The lowest BCUT2D eigenvalue weighted by atomic mass is 10.00. The van der Waals surface area contributed by atoms with E-state index in [1.165, 1.54) is 0 Å². The summed E-state index contributed by atoms with van der Waals surface area (Å²) in [5.74, 6) is -2.88. The third-order valence-electron chi connectivity index (χ3n) is 6.35. The number of fused-ring (bicyclic) bond motifs is 2. The fraction of sp³-hybridized carbons (Fsp3) is 0.636. The van der Waals surface area contributed by atoms with Crippen molar-refractivity contribution >= 4 is 23.9 Å². The van der Waals surface area contributed by atoms with Crippen LogP contribution >= 0.6 is 0 Å². The number of carboxylic acid groups (broad SMARTS) is 1. The fourth-order valence-corrected chi connectivity index (χ4v) is 4.81. The first kappa shape index (κ1) is 23.4. The van der Waals surface area contributed by atoms with Crippen LogP contribution in [0.5, 0.6) is 0 Å². The van der Waals surface area contributed by atoms with Crippen molar-refractivity contribution in [3.63, 3.8) is 0 Å². The van der Waals surface area contributed by atoms with Gasteiger partial charge in [-0.1, -0.05) is 6.92 Å². The van der Waals surface area contributed by atoms with Crippen molar-refractivity contribution in [2.75, 3.05) is 19.8 Å². The average Bonchev–Trinajstić information content (AvgIpc) is 3.52. The van der Waals surface area contributed by atoms with Crippen LogP contribution in [-0.4, -0.2) is 85.4 Å². The van der Waals surface area contributed by atoms with Crippen LogP contribution in [-0.2, 0) is 47.6 Å². The van der Waals surface area contributed by atoms with Crippen molar-refractivity contribution in [2.24, 2.45) is 11.8 Å². The number of esters is 3. The van der Waals surface area contributed by atoms with E-state index in [9.17, 15) is 19.2 Å². The number of carboxylic acids is 1. The van der Waals surface area contributed by atoms with Crippen LogP contribution in [0.2, 0.25) is 0 Å². The summed E-state index contributed by atoms with van der Waals surface area (Å²) in [6, 6.07) is 0. The molecule has 0 bridgehead atoms. The number of aliphatic carboxylic acids is 1. The predicted octanol–water partition coefficient (Wildman–Crippen LogP) is 0.161. The number of hydrogen-bond acceptors (Lipinski definition) is 10. The average molecular weight is 466 g/mol. The van der Waals surface area contributed by atoms with Crippen LogP contribution in [0.15, 0.2) is 24.3 Å². The highest BCUT2D eigenvalue weighted by atomic mass is 16.7. The molecule has 0 spiro atoms. The molecule has 0 aromatic heterocycles. The van der Waals surface area contributed by atoms with E-state index in [4.69, 9.17) is 33.5 Å². The topological polar surface area (TPSA) is 144 Å². The lowest BCUT2D eigenvalue weighted by Crippen LogP contribution is -2.35. The second kappa shape index (κ2) is 10.0. The van der Waals surface area contributed by atoms with Gasteiger partial charge in [0.15, 0.2) is 12.2 Å². The molecular weight excluding hydrogens is 440 g/mol. The van der Waals surface area contributed by atoms with Gasteiger partial charge >= 0.3 is 23.9 Å². The molecular formula is C22H26O11. The van der Waals surface area contributed by atoms with E-state index in [2.05, 4.69) is 6.92 Å². The van der Waals surface area contributed by atoms with Gasteiger partial charge in [-0.2, -0.15) is 0 Å². The fourth-order valence-electron chi connectivity index (χ4n) is 4.81. The van der Waals surface area contributed by atoms with E-state index < -0.39 is 48.3 Å².